The maximum Gasteiger partial charge on any atom is 0.168 e. The average molecular weight is 282 g/mol. The van der Waals surface area contributed by atoms with Gasteiger partial charge in [-0.25, -0.2) is 0 Å². The van der Waals surface area contributed by atoms with Crippen LogP contribution in [0.25, 0.3) is 0 Å². The van der Waals surface area contributed by atoms with Crippen molar-refractivity contribution >= 4 is 5.78 Å². The van der Waals surface area contributed by atoms with E-state index in [4.69, 9.17) is 0 Å². The van der Waals surface area contributed by atoms with Gasteiger partial charge in [0.2, 0.25) is 0 Å². The van der Waals surface area contributed by atoms with Crippen LogP contribution >= 0.6 is 0 Å². The Morgan fingerprint density at radius 3 is 2.90 bits per heavy atom. The van der Waals surface area contributed by atoms with Crippen LogP contribution < -0.4 is 0 Å². The van der Waals surface area contributed by atoms with Crippen LogP contribution in [-0.2, 0) is 11.2 Å². The molecule has 0 saturated heterocycles. The van der Waals surface area contributed by atoms with Crippen molar-refractivity contribution < 1.29 is 9.90 Å². The third-order valence-corrected chi connectivity index (χ3v) is 6.43. The smallest absolute Gasteiger partial charge is 0.168 e. The van der Waals surface area contributed by atoms with Gasteiger partial charge in [0, 0.05) is 11.0 Å². The number of aliphatic hydroxyl groups excluding tert-OH is 1. The number of aliphatic hydroxyl groups is 1. The van der Waals surface area contributed by atoms with Gasteiger partial charge in [-0.2, -0.15) is 0 Å². The first-order valence-corrected chi connectivity index (χ1v) is 8.11. The second kappa shape index (κ2) is 4.46. The molecule has 1 aromatic rings. The van der Waals surface area contributed by atoms with E-state index in [1.54, 1.807) is 0 Å². The molecule has 2 nitrogen and oxygen atoms in total. The average Bonchev–Trinajstić information content (AvgIpc) is 2.78. The quantitative estimate of drug-likeness (QED) is 0.573. The van der Waals surface area contributed by atoms with Crippen LogP contribution in [0.4, 0.5) is 0 Å². The van der Waals surface area contributed by atoms with Crippen molar-refractivity contribution in [1.29, 1.82) is 0 Å². The third-order valence-electron chi connectivity index (χ3n) is 6.43. The minimum absolute atomic E-state index is 0.201. The summed E-state index contributed by atoms with van der Waals surface area (Å²) in [6.07, 6.45) is 6.24. The summed E-state index contributed by atoms with van der Waals surface area (Å²) in [6, 6.07) is 8.83. The van der Waals surface area contributed by atoms with Gasteiger partial charge in [-0.3, -0.25) is 4.79 Å². The van der Waals surface area contributed by atoms with Crippen LogP contribution in [-0.4, -0.2) is 10.9 Å². The van der Waals surface area contributed by atoms with Crippen LogP contribution in [0, 0.1) is 17.3 Å². The molecule has 1 aromatic carbocycles. The fourth-order valence-electron chi connectivity index (χ4n) is 5.31. The summed E-state index contributed by atoms with van der Waals surface area (Å²) in [4.78, 5) is 12.6. The molecule has 2 saturated carbocycles. The minimum atomic E-state index is -0.234. The number of rotatable bonds is 0. The SMILES string of the molecule is C[C@]12CC[C@@H]3c4ccccc4CC[C@H]3[C@@H]1CC(=CO)C2=O. The van der Waals surface area contributed by atoms with Gasteiger partial charge in [0.15, 0.2) is 5.78 Å². The topological polar surface area (TPSA) is 37.3 Å². The Hall–Kier alpha value is -1.57. The predicted molar refractivity (Wildman–Crippen MR) is 82.2 cm³/mol. The Morgan fingerprint density at radius 2 is 2.10 bits per heavy atom. The van der Waals surface area contributed by atoms with E-state index in [0.29, 0.717) is 23.3 Å². The van der Waals surface area contributed by atoms with Crippen LogP contribution in [0.1, 0.15) is 49.7 Å². The molecule has 0 aromatic heterocycles. The zero-order chi connectivity index (χ0) is 14.6. The monoisotopic (exact) mass is 282 g/mol. The standard InChI is InChI=1S/C19H22O2/c1-19-9-8-15-14-5-3-2-4-12(14)6-7-16(15)17(19)10-13(11-20)18(19)21/h2-5,11,15-17,20H,6-10H2,1H3/t15-,16-,17+,19+/m1/s1. The lowest BCUT2D eigenvalue weighted by molar-refractivity contribution is -0.127. The molecule has 110 valence electrons. The predicted octanol–water partition coefficient (Wildman–Crippen LogP) is 4.16. The fourth-order valence-corrected chi connectivity index (χ4v) is 5.31. The number of hydrogen-bond donors (Lipinski definition) is 1. The first-order chi connectivity index (χ1) is 10.1. The molecular formula is C19H22O2. The van der Waals surface area contributed by atoms with Gasteiger partial charge >= 0.3 is 0 Å². The Balaban J connectivity index is 1.74. The van der Waals surface area contributed by atoms with Crippen LogP contribution in [0.2, 0.25) is 0 Å². The van der Waals surface area contributed by atoms with Crippen molar-refractivity contribution in [3.63, 3.8) is 0 Å². The highest BCUT2D eigenvalue weighted by Gasteiger charge is 2.56. The zero-order valence-corrected chi connectivity index (χ0v) is 12.5. The molecule has 0 radical (unpaired) electrons. The lowest BCUT2D eigenvalue weighted by atomic mass is 9.55. The Labute approximate surface area is 125 Å². The molecule has 4 atom stereocenters. The summed E-state index contributed by atoms with van der Waals surface area (Å²) < 4.78 is 0. The lowest BCUT2D eigenvalue weighted by Crippen LogP contribution is -2.42. The van der Waals surface area contributed by atoms with E-state index >= 15 is 0 Å². The number of fused-ring (bicyclic) bond motifs is 5. The Kier molecular flexibility index (Phi) is 2.79. The molecule has 0 bridgehead atoms. The van der Waals surface area contributed by atoms with Crippen molar-refractivity contribution in [3.05, 3.63) is 47.2 Å². The number of carbonyl (C=O) groups is 1. The molecular weight excluding hydrogens is 260 g/mol. The minimum Gasteiger partial charge on any atom is -0.515 e. The molecule has 3 aliphatic rings. The van der Waals surface area contributed by atoms with Gasteiger partial charge < -0.3 is 5.11 Å². The molecule has 4 rings (SSSR count). The summed E-state index contributed by atoms with van der Waals surface area (Å²) in [5, 5.41) is 9.37. The number of hydrogen-bond acceptors (Lipinski definition) is 2. The summed E-state index contributed by atoms with van der Waals surface area (Å²) in [5.74, 6) is 1.82. The summed E-state index contributed by atoms with van der Waals surface area (Å²) >= 11 is 0. The number of ketones is 1. The van der Waals surface area contributed by atoms with Crippen molar-refractivity contribution in [2.24, 2.45) is 17.3 Å². The number of allylic oxidation sites excluding steroid dienone is 1. The number of aryl methyl sites for hydroxylation is 1. The van der Waals surface area contributed by atoms with Crippen molar-refractivity contribution in [2.45, 2.75) is 44.9 Å². The molecule has 0 spiro atoms. The molecule has 1 N–H and O–H groups in total. The highest BCUT2D eigenvalue weighted by atomic mass is 16.2. The molecule has 0 amide bonds. The van der Waals surface area contributed by atoms with Crippen LogP contribution in [0.3, 0.4) is 0 Å². The van der Waals surface area contributed by atoms with Gasteiger partial charge in [0.05, 0.1) is 6.26 Å². The number of carbonyl (C=O) groups excluding carboxylic acids is 1. The highest BCUT2D eigenvalue weighted by Crippen LogP contribution is 2.60. The molecule has 2 heteroatoms. The van der Waals surface area contributed by atoms with E-state index in [9.17, 15) is 9.90 Å². The van der Waals surface area contributed by atoms with Gasteiger partial charge in [0.1, 0.15) is 0 Å². The van der Waals surface area contributed by atoms with Crippen molar-refractivity contribution in [1.82, 2.24) is 0 Å². The van der Waals surface area contributed by atoms with Gasteiger partial charge in [-0.15, -0.1) is 0 Å². The van der Waals surface area contributed by atoms with E-state index in [1.165, 1.54) is 17.5 Å². The first-order valence-electron chi connectivity index (χ1n) is 8.11. The maximum absolute atomic E-state index is 12.6. The third kappa shape index (κ3) is 1.68. The summed E-state index contributed by atoms with van der Waals surface area (Å²) in [7, 11) is 0. The van der Waals surface area contributed by atoms with Gasteiger partial charge in [-0.05, 0) is 61.0 Å². The van der Waals surface area contributed by atoms with Gasteiger partial charge in [0.25, 0.3) is 0 Å². The van der Waals surface area contributed by atoms with Crippen LogP contribution in [0.5, 0.6) is 0 Å². The molecule has 0 heterocycles. The Morgan fingerprint density at radius 1 is 1.29 bits per heavy atom. The van der Waals surface area contributed by atoms with Crippen molar-refractivity contribution in [3.8, 4) is 0 Å². The molecule has 3 aliphatic carbocycles. The summed E-state index contributed by atoms with van der Waals surface area (Å²) in [5.41, 5.74) is 3.44. The van der Waals surface area contributed by atoms with Crippen LogP contribution in [0.15, 0.2) is 36.1 Å². The van der Waals surface area contributed by atoms with E-state index in [-0.39, 0.29) is 11.2 Å². The van der Waals surface area contributed by atoms with E-state index in [2.05, 4.69) is 31.2 Å². The van der Waals surface area contributed by atoms with E-state index in [1.807, 2.05) is 0 Å². The van der Waals surface area contributed by atoms with E-state index < -0.39 is 0 Å². The Bertz CT molecular complexity index is 630. The lowest BCUT2D eigenvalue weighted by Gasteiger charge is -2.48. The van der Waals surface area contributed by atoms with E-state index in [0.717, 1.165) is 31.9 Å². The maximum atomic E-state index is 12.6. The number of Topliss-reactive ketones (excluding diaryl/α,β-unsaturated/α-hetero) is 1. The summed E-state index contributed by atoms with van der Waals surface area (Å²) in [6.45, 7) is 2.13. The largest absolute Gasteiger partial charge is 0.515 e. The highest BCUT2D eigenvalue weighted by molar-refractivity contribution is 6.02. The number of benzene rings is 1. The fraction of sp³-hybridized carbons (Fsp3) is 0.526. The van der Waals surface area contributed by atoms with Gasteiger partial charge in [-0.1, -0.05) is 31.2 Å². The zero-order valence-electron chi connectivity index (χ0n) is 12.5. The second-order valence-electron chi connectivity index (χ2n) is 7.26. The molecule has 2 fully saturated rings. The molecule has 21 heavy (non-hydrogen) atoms. The van der Waals surface area contributed by atoms with Crippen molar-refractivity contribution in [2.75, 3.05) is 0 Å². The molecule has 0 unspecified atom stereocenters. The normalized spacial score (nSPS) is 39.8. The molecule has 0 aliphatic heterocycles. The first kappa shape index (κ1) is 13.1. The second-order valence-corrected chi connectivity index (χ2v) is 7.26.